The largest absolute Gasteiger partial charge is 0.343 e. The number of nitrogens with zero attached hydrogens (tertiary/aromatic N) is 1. The van der Waals surface area contributed by atoms with Gasteiger partial charge in [-0.2, -0.15) is 0 Å². The average molecular weight is 151 g/mol. The predicted molar refractivity (Wildman–Crippen MR) is 37.4 cm³/mol. The van der Waals surface area contributed by atoms with Crippen LogP contribution in [0.4, 0.5) is 0 Å². The second-order valence-electron chi connectivity index (χ2n) is 1.74. The Morgan fingerprint density at radius 1 is 1.78 bits per heavy atom. The lowest BCUT2D eigenvalue weighted by molar-refractivity contribution is -0.127. The Kier molecular flexibility index (Phi) is 4.44. The Morgan fingerprint density at radius 2 is 2.33 bits per heavy atom. The number of amides is 1. The van der Waals surface area contributed by atoms with Gasteiger partial charge in [0.15, 0.2) is 0 Å². The number of carbonyl (C=O) groups excluding carboxylic acids is 1. The van der Waals surface area contributed by atoms with E-state index in [1.54, 1.807) is 7.05 Å². The molecule has 0 aromatic rings. The minimum atomic E-state index is -0.0814. The summed E-state index contributed by atoms with van der Waals surface area (Å²) in [7, 11) is 1.68. The summed E-state index contributed by atoms with van der Waals surface area (Å²) in [5.74, 6) is -0.0432. The molecule has 0 radical (unpaired) electrons. The molecule has 0 aliphatic carbocycles. The number of alkyl halides is 1. The number of hydrogen-bond donors (Lipinski definition) is 1. The first kappa shape index (κ1) is 8.72. The number of likely N-dealkylation sites (N-methyl/N-ethyl adjacent to an activating group) is 1. The minimum Gasteiger partial charge on any atom is -0.343 e. The highest BCUT2D eigenvalue weighted by Crippen LogP contribution is 1.85. The van der Waals surface area contributed by atoms with E-state index in [4.69, 9.17) is 17.3 Å². The number of nitrogens with two attached hydrogens (primary N) is 1. The van der Waals surface area contributed by atoms with Crippen molar-refractivity contribution in [3.8, 4) is 0 Å². The molecule has 0 bridgehead atoms. The van der Waals surface area contributed by atoms with E-state index in [0.717, 1.165) is 0 Å². The summed E-state index contributed by atoms with van der Waals surface area (Å²) in [6, 6.07) is 0. The molecule has 0 fully saturated rings. The van der Waals surface area contributed by atoms with Crippen LogP contribution in [0.1, 0.15) is 0 Å². The molecule has 2 N–H and O–H groups in total. The Hall–Kier alpha value is -0.280. The van der Waals surface area contributed by atoms with Crippen molar-refractivity contribution in [1.82, 2.24) is 4.90 Å². The van der Waals surface area contributed by atoms with Gasteiger partial charge in [0.25, 0.3) is 0 Å². The van der Waals surface area contributed by atoms with Crippen LogP contribution in [-0.4, -0.2) is 36.8 Å². The van der Waals surface area contributed by atoms with Crippen LogP contribution < -0.4 is 5.73 Å². The van der Waals surface area contributed by atoms with Crippen molar-refractivity contribution in [1.29, 1.82) is 0 Å². The van der Waals surface area contributed by atoms with E-state index in [0.29, 0.717) is 13.1 Å². The number of rotatable bonds is 3. The van der Waals surface area contributed by atoms with Crippen molar-refractivity contribution < 1.29 is 4.79 Å². The van der Waals surface area contributed by atoms with Crippen LogP contribution in [0.5, 0.6) is 0 Å². The minimum absolute atomic E-state index is 0.0382. The maximum absolute atomic E-state index is 10.6. The van der Waals surface area contributed by atoms with E-state index in [1.807, 2.05) is 0 Å². The molecule has 0 spiro atoms. The first-order valence-electron chi connectivity index (χ1n) is 2.72. The molecule has 0 saturated heterocycles. The lowest BCUT2D eigenvalue weighted by atomic mass is 10.5. The van der Waals surface area contributed by atoms with Gasteiger partial charge in [0.05, 0.1) is 0 Å². The zero-order valence-electron chi connectivity index (χ0n) is 5.43. The lowest BCUT2D eigenvalue weighted by Crippen LogP contribution is -2.32. The number of carbonyl (C=O) groups is 1. The number of halogens is 1. The van der Waals surface area contributed by atoms with E-state index in [2.05, 4.69) is 0 Å². The summed E-state index contributed by atoms with van der Waals surface area (Å²) in [5, 5.41) is 0. The van der Waals surface area contributed by atoms with Crippen molar-refractivity contribution >= 4 is 17.5 Å². The van der Waals surface area contributed by atoms with E-state index < -0.39 is 0 Å². The molecule has 0 aromatic carbocycles. The van der Waals surface area contributed by atoms with Crippen LogP contribution in [0, 0.1) is 0 Å². The Bertz CT molecular complexity index is 97.0. The SMILES string of the molecule is CN(CCN)C(=O)CCl. The first-order valence-corrected chi connectivity index (χ1v) is 3.25. The summed E-state index contributed by atoms with van der Waals surface area (Å²) < 4.78 is 0. The molecule has 0 aliphatic heterocycles. The van der Waals surface area contributed by atoms with Gasteiger partial charge in [-0.25, -0.2) is 0 Å². The van der Waals surface area contributed by atoms with Gasteiger partial charge in [0.2, 0.25) is 5.91 Å². The molecule has 0 rings (SSSR count). The smallest absolute Gasteiger partial charge is 0.237 e. The van der Waals surface area contributed by atoms with E-state index in [-0.39, 0.29) is 11.8 Å². The summed E-state index contributed by atoms with van der Waals surface area (Å²) in [6.45, 7) is 1.06. The van der Waals surface area contributed by atoms with Crippen LogP contribution in [-0.2, 0) is 4.79 Å². The van der Waals surface area contributed by atoms with Gasteiger partial charge in [-0.1, -0.05) is 0 Å². The quantitative estimate of drug-likeness (QED) is 0.559. The van der Waals surface area contributed by atoms with Gasteiger partial charge in [-0.05, 0) is 0 Å². The third kappa shape index (κ3) is 3.32. The topological polar surface area (TPSA) is 46.3 Å². The maximum Gasteiger partial charge on any atom is 0.237 e. The van der Waals surface area contributed by atoms with E-state index in [1.165, 1.54) is 4.90 Å². The molecule has 0 unspecified atom stereocenters. The molecule has 4 heteroatoms. The molecule has 1 amide bonds. The summed E-state index contributed by atoms with van der Waals surface area (Å²) in [5.41, 5.74) is 5.18. The van der Waals surface area contributed by atoms with Crippen molar-refractivity contribution in [3.63, 3.8) is 0 Å². The Balaban J connectivity index is 3.45. The van der Waals surface area contributed by atoms with Gasteiger partial charge in [0.1, 0.15) is 5.88 Å². The summed E-state index contributed by atoms with van der Waals surface area (Å²) >= 11 is 5.25. The van der Waals surface area contributed by atoms with Crippen LogP contribution in [0.3, 0.4) is 0 Å². The molecule has 0 aliphatic rings. The van der Waals surface area contributed by atoms with Gasteiger partial charge in [-0.15, -0.1) is 11.6 Å². The molecule has 0 aromatic heterocycles. The average Bonchev–Trinajstić information content (AvgIpc) is 1.87. The van der Waals surface area contributed by atoms with Crippen LogP contribution in [0.15, 0.2) is 0 Å². The molecule has 0 saturated carbocycles. The molecular weight excluding hydrogens is 140 g/mol. The van der Waals surface area contributed by atoms with Gasteiger partial charge in [-0.3, -0.25) is 4.79 Å². The third-order valence-corrected chi connectivity index (χ3v) is 1.23. The maximum atomic E-state index is 10.6. The van der Waals surface area contributed by atoms with Crippen LogP contribution >= 0.6 is 11.6 Å². The molecule has 0 atom stereocenters. The molecular formula is C5H11ClN2O. The molecule has 54 valence electrons. The normalized spacial score (nSPS) is 9.22. The molecule has 0 heterocycles. The summed E-state index contributed by atoms with van der Waals surface area (Å²) in [6.07, 6.45) is 0. The Labute approximate surface area is 59.8 Å². The summed E-state index contributed by atoms with van der Waals surface area (Å²) in [4.78, 5) is 12.1. The predicted octanol–water partition coefficient (Wildman–Crippen LogP) is -0.358. The standard InChI is InChI=1S/C5H11ClN2O/c1-8(3-2-7)5(9)4-6/h2-4,7H2,1H3. The van der Waals surface area contributed by atoms with E-state index in [9.17, 15) is 4.79 Å². The van der Waals surface area contributed by atoms with Crippen LogP contribution in [0.25, 0.3) is 0 Å². The molecule has 3 nitrogen and oxygen atoms in total. The fourth-order valence-corrected chi connectivity index (χ4v) is 0.624. The fourth-order valence-electron chi connectivity index (χ4n) is 0.420. The molecule has 9 heavy (non-hydrogen) atoms. The van der Waals surface area contributed by atoms with Gasteiger partial charge in [0, 0.05) is 20.1 Å². The highest BCUT2D eigenvalue weighted by molar-refractivity contribution is 6.27. The van der Waals surface area contributed by atoms with Crippen molar-refractivity contribution in [2.24, 2.45) is 5.73 Å². The fraction of sp³-hybridized carbons (Fsp3) is 0.800. The van der Waals surface area contributed by atoms with Gasteiger partial charge < -0.3 is 10.6 Å². The highest BCUT2D eigenvalue weighted by atomic mass is 35.5. The lowest BCUT2D eigenvalue weighted by Gasteiger charge is -2.13. The van der Waals surface area contributed by atoms with Crippen LogP contribution in [0.2, 0.25) is 0 Å². The van der Waals surface area contributed by atoms with Crippen molar-refractivity contribution in [3.05, 3.63) is 0 Å². The second-order valence-corrected chi connectivity index (χ2v) is 2.00. The van der Waals surface area contributed by atoms with Crippen molar-refractivity contribution in [2.75, 3.05) is 26.0 Å². The first-order chi connectivity index (χ1) is 4.22. The zero-order chi connectivity index (χ0) is 7.28. The van der Waals surface area contributed by atoms with Gasteiger partial charge >= 0.3 is 0 Å². The highest BCUT2D eigenvalue weighted by Gasteiger charge is 2.03. The Morgan fingerprint density at radius 3 is 2.67 bits per heavy atom. The monoisotopic (exact) mass is 150 g/mol. The van der Waals surface area contributed by atoms with E-state index >= 15 is 0 Å². The van der Waals surface area contributed by atoms with Crippen molar-refractivity contribution in [2.45, 2.75) is 0 Å². The third-order valence-electron chi connectivity index (χ3n) is 1.00. The second kappa shape index (κ2) is 4.58. The number of hydrogen-bond acceptors (Lipinski definition) is 2. The zero-order valence-corrected chi connectivity index (χ0v) is 6.19.